The Morgan fingerprint density at radius 2 is 1.79 bits per heavy atom. The van der Waals surface area contributed by atoms with Gasteiger partial charge in [-0.25, -0.2) is 9.67 Å². The number of pyridine rings is 1. The minimum Gasteiger partial charge on any atom is -0.363 e. The van der Waals surface area contributed by atoms with Gasteiger partial charge in [-0.2, -0.15) is 5.10 Å². The molecule has 0 saturated heterocycles. The first-order chi connectivity index (χ1) is 16.4. The van der Waals surface area contributed by atoms with Crippen molar-refractivity contribution in [2.45, 2.75) is 12.5 Å². The lowest BCUT2D eigenvalue weighted by Crippen LogP contribution is -2.47. The number of carbonyl (C=O) groups excluding carboxylic acids is 3. The van der Waals surface area contributed by atoms with Crippen LogP contribution in [0.2, 0.25) is 5.02 Å². The minimum atomic E-state index is -1.12. The summed E-state index contributed by atoms with van der Waals surface area (Å²) in [5, 5.41) is 7.73. The smallest absolute Gasteiger partial charge is 0.287 e. The zero-order chi connectivity index (χ0) is 24.1. The molecule has 2 aromatic carbocycles. The fourth-order valence-electron chi connectivity index (χ4n) is 3.47. The highest BCUT2D eigenvalue weighted by Crippen LogP contribution is 2.22. The predicted molar refractivity (Wildman–Crippen MR) is 127 cm³/mol. The van der Waals surface area contributed by atoms with E-state index >= 15 is 0 Å². The molecule has 1 unspecified atom stereocenters. The van der Waals surface area contributed by atoms with E-state index in [9.17, 15) is 14.4 Å². The Hall–Kier alpha value is -4.30. The molecular formula is C25H20ClN5O3. The molecule has 0 saturated carbocycles. The monoisotopic (exact) mass is 473 g/mol. The maximum absolute atomic E-state index is 13.2. The summed E-state index contributed by atoms with van der Waals surface area (Å²) < 4.78 is 1.47. The molecule has 0 aliphatic carbocycles. The Bertz CT molecular complexity index is 1350. The lowest BCUT2D eigenvalue weighted by atomic mass is 10.0. The van der Waals surface area contributed by atoms with E-state index in [1.165, 1.54) is 10.9 Å². The Labute approximate surface area is 200 Å². The number of primary amides is 1. The molecule has 2 heterocycles. The molecule has 4 rings (SSSR count). The Morgan fingerprint density at radius 3 is 2.53 bits per heavy atom. The molecule has 9 heteroatoms. The molecule has 0 aliphatic rings. The van der Waals surface area contributed by atoms with Crippen LogP contribution in [0.25, 0.3) is 17.1 Å². The number of rotatable bonds is 8. The van der Waals surface area contributed by atoms with Crippen LogP contribution in [0.5, 0.6) is 0 Å². The third kappa shape index (κ3) is 5.19. The van der Waals surface area contributed by atoms with Crippen molar-refractivity contribution in [1.82, 2.24) is 20.1 Å². The quantitative estimate of drug-likeness (QED) is 0.381. The van der Waals surface area contributed by atoms with E-state index in [2.05, 4.69) is 15.4 Å². The molecule has 34 heavy (non-hydrogen) atoms. The van der Waals surface area contributed by atoms with Crippen LogP contribution in [0.4, 0.5) is 0 Å². The number of nitrogens with zero attached hydrogens (tertiary/aromatic N) is 3. The summed E-state index contributed by atoms with van der Waals surface area (Å²) in [4.78, 5) is 41.5. The van der Waals surface area contributed by atoms with E-state index in [1.807, 2.05) is 18.2 Å². The van der Waals surface area contributed by atoms with Gasteiger partial charge in [-0.3, -0.25) is 14.4 Å². The Morgan fingerprint density at radius 1 is 1.00 bits per heavy atom. The number of Topliss-reactive ketones (excluding diaryl/α,β-unsaturated/α-hetero) is 1. The summed E-state index contributed by atoms with van der Waals surface area (Å²) in [6.45, 7) is 0. The summed E-state index contributed by atoms with van der Waals surface area (Å²) in [6, 6.07) is 20.1. The predicted octanol–water partition coefficient (Wildman–Crippen LogP) is 2.98. The van der Waals surface area contributed by atoms with E-state index in [0.29, 0.717) is 10.7 Å². The van der Waals surface area contributed by atoms with Crippen molar-refractivity contribution in [3.05, 3.63) is 101 Å². The summed E-state index contributed by atoms with van der Waals surface area (Å²) in [6.07, 6.45) is 3.32. The maximum Gasteiger partial charge on any atom is 0.287 e. The Kier molecular flexibility index (Phi) is 6.79. The topological polar surface area (TPSA) is 120 Å². The number of amides is 2. The van der Waals surface area contributed by atoms with Gasteiger partial charge in [0.05, 0.1) is 11.3 Å². The van der Waals surface area contributed by atoms with E-state index < -0.39 is 23.6 Å². The van der Waals surface area contributed by atoms with Crippen molar-refractivity contribution in [2.75, 3.05) is 0 Å². The first-order valence-electron chi connectivity index (χ1n) is 10.4. The lowest BCUT2D eigenvalue weighted by Gasteiger charge is -2.17. The van der Waals surface area contributed by atoms with Gasteiger partial charge in [-0.05, 0) is 35.9 Å². The van der Waals surface area contributed by atoms with Crippen LogP contribution >= 0.6 is 11.6 Å². The fourth-order valence-corrected chi connectivity index (χ4v) is 3.66. The van der Waals surface area contributed by atoms with Gasteiger partial charge in [0.2, 0.25) is 5.78 Å². The molecule has 2 aromatic heterocycles. The average Bonchev–Trinajstić information content (AvgIpc) is 3.34. The van der Waals surface area contributed by atoms with Crippen LogP contribution < -0.4 is 11.1 Å². The molecule has 0 aliphatic heterocycles. The molecular weight excluding hydrogens is 454 g/mol. The molecule has 0 spiro atoms. The van der Waals surface area contributed by atoms with Crippen molar-refractivity contribution in [3.8, 4) is 17.1 Å². The van der Waals surface area contributed by atoms with Gasteiger partial charge >= 0.3 is 0 Å². The number of hydrogen-bond acceptors (Lipinski definition) is 5. The van der Waals surface area contributed by atoms with Crippen LogP contribution in [0, 0.1) is 0 Å². The van der Waals surface area contributed by atoms with Gasteiger partial charge < -0.3 is 11.1 Å². The van der Waals surface area contributed by atoms with E-state index in [4.69, 9.17) is 17.3 Å². The number of benzene rings is 2. The third-order valence-electron chi connectivity index (χ3n) is 5.11. The van der Waals surface area contributed by atoms with Crippen molar-refractivity contribution in [1.29, 1.82) is 0 Å². The highest BCUT2D eigenvalue weighted by molar-refractivity contribution is 6.38. The summed E-state index contributed by atoms with van der Waals surface area (Å²) in [5.41, 5.74) is 7.62. The average molecular weight is 474 g/mol. The van der Waals surface area contributed by atoms with Crippen molar-refractivity contribution in [2.24, 2.45) is 5.73 Å². The molecule has 170 valence electrons. The standard InChI is InChI=1S/C25H20ClN5O3/c26-18-9-4-8-17(15-18)20-11-13-31(30-20)24-19(10-5-12-28-24)25(34)29-21(22(32)23(27)33)14-16-6-2-1-3-7-16/h1-13,15,21H,14H2,(H2,27,33)(H,29,34). The third-order valence-corrected chi connectivity index (χ3v) is 5.34. The second-order valence-electron chi connectivity index (χ2n) is 7.47. The van der Waals surface area contributed by atoms with Crippen LogP contribution in [0.1, 0.15) is 15.9 Å². The molecule has 0 radical (unpaired) electrons. The first kappa shape index (κ1) is 22.9. The highest BCUT2D eigenvalue weighted by Gasteiger charge is 2.27. The van der Waals surface area contributed by atoms with Gasteiger partial charge in [-0.15, -0.1) is 0 Å². The number of nitrogens with two attached hydrogens (primary N) is 1. The van der Waals surface area contributed by atoms with Gasteiger partial charge in [-0.1, -0.05) is 54.1 Å². The van der Waals surface area contributed by atoms with E-state index in [1.54, 1.807) is 60.8 Å². The van der Waals surface area contributed by atoms with Crippen LogP contribution in [0.3, 0.4) is 0 Å². The Balaban J connectivity index is 1.62. The normalized spacial score (nSPS) is 11.6. The second-order valence-corrected chi connectivity index (χ2v) is 7.91. The fraction of sp³-hybridized carbons (Fsp3) is 0.0800. The van der Waals surface area contributed by atoms with Crippen LogP contribution in [-0.4, -0.2) is 38.4 Å². The summed E-state index contributed by atoms with van der Waals surface area (Å²) >= 11 is 6.08. The molecule has 8 nitrogen and oxygen atoms in total. The van der Waals surface area contributed by atoms with Crippen molar-refractivity contribution in [3.63, 3.8) is 0 Å². The van der Waals surface area contributed by atoms with Gasteiger partial charge in [0.25, 0.3) is 11.8 Å². The molecule has 1 atom stereocenters. The zero-order valence-corrected chi connectivity index (χ0v) is 18.6. The number of nitrogens with one attached hydrogen (secondary N) is 1. The number of carbonyl (C=O) groups is 3. The molecule has 0 fully saturated rings. The maximum atomic E-state index is 13.2. The highest BCUT2D eigenvalue weighted by atomic mass is 35.5. The SMILES string of the molecule is NC(=O)C(=O)C(Cc1ccccc1)NC(=O)c1cccnc1-n1ccc(-c2cccc(Cl)c2)n1. The van der Waals surface area contributed by atoms with Crippen molar-refractivity contribution < 1.29 is 14.4 Å². The van der Waals surface area contributed by atoms with Crippen molar-refractivity contribution >= 4 is 29.2 Å². The van der Waals surface area contributed by atoms with E-state index in [0.717, 1.165) is 11.1 Å². The molecule has 0 bridgehead atoms. The number of hydrogen-bond donors (Lipinski definition) is 2. The first-order valence-corrected chi connectivity index (χ1v) is 10.8. The molecule has 2 amide bonds. The van der Waals surface area contributed by atoms with E-state index in [-0.39, 0.29) is 17.8 Å². The van der Waals surface area contributed by atoms with Gasteiger partial charge in [0.1, 0.15) is 6.04 Å². The van der Waals surface area contributed by atoms with Crippen LogP contribution in [-0.2, 0) is 16.0 Å². The largest absolute Gasteiger partial charge is 0.363 e. The molecule has 4 aromatic rings. The summed E-state index contributed by atoms with van der Waals surface area (Å²) in [7, 11) is 0. The zero-order valence-electron chi connectivity index (χ0n) is 17.9. The molecule has 3 N–H and O–H groups in total. The number of halogens is 1. The van der Waals surface area contributed by atoms with Gasteiger partial charge in [0, 0.05) is 29.4 Å². The second kappa shape index (κ2) is 10.1. The van der Waals surface area contributed by atoms with Crippen LogP contribution in [0.15, 0.2) is 85.2 Å². The minimum absolute atomic E-state index is 0.116. The van der Waals surface area contributed by atoms with Gasteiger partial charge in [0.15, 0.2) is 5.82 Å². The number of ketones is 1. The lowest BCUT2D eigenvalue weighted by molar-refractivity contribution is -0.137. The summed E-state index contributed by atoms with van der Waals surface area (Å²) in [5.74, 6) is -2.33. The number of aromatic nitrogens is 3.